The fraction of sp³-hybridized carbons (Fsp3) is 0.200. The molecule has 0 unspecified atom stereocenters. The molecule has 3 rings (SSSR count). The van der Waals surface area contributed by atoms with Crippen LogP contribution in [-0.4, -0.2) is 40.1 Å². The molecule has 0 aliphatic heterocycles. The van der Waals surface area contributed by atoms with Gasteiger partial charge in [0.25, 0.3) is 5.91 Å². The highest BCUT2D eigenvalue weighted by atomic mass is 16.5. The summed E-state index contributed by atoms with van der Waals surface area (Å²) in [6.45, 7) is 3.53. The minimum absolute atomic E-state index is 0.0615. The van der Waals surface area contributed by atoms with Crippen LogP contribution in [0.3, 0.4) is 0 Å². The van der Waals surface area contributed by atoms with Gasteiger partial charge in [-0.1, -0.05) is 30.3 Å². The normalized spacial score (nSPS) is 10.4. The van der Waals surface area contributed by atoms with E-state index in [1.807, 2.05) is 37.3 Å². The van der Waals surface area contributed by atoms with Crippen molar-refractivity contribution in [1.82, 2.24) is 15.0 Å². The first kappa shape index (κ1) is 19.1. The smallest absolute Gasteiger partial charge is 0.361 e. The third kappa shape index (κ3) is 4.53. The average molecular weight is 380 g/mol. The van der Waals surface area contributed by atoms with Crippen molar-refractivity contribution in [1.29, 1.82) is 0 Å². The molecule has 0 saturated heterocycles. The zero-order valence-electron chi connectivity index (χ0n) is 15.6. The first-order valence-electron chi connectivity index (χ1n) is 8.76. The first-order valence-corrected chi connectivity index (χ1v) is 8.76. The number of carbonyl (C=O) groups excluding carboxylic acids is 2. The fourth-order valence-electron chi connectivity index (χ4n) is 2.48. The number of nitrogens with one attached hydrogen (secondary N) is 1. The van der Waals surface area contributed by atoms with Crippen LogP contribution in [0.5, 0.6) is 5.75 Å². The summed E-state index contributed by atoms with van der Waals surface area (Å²) < 4.78 is 10.5. The predicted octanol–water partition coefficient (Wildman–Crippen LogP) is 2.77. The van der Waals surface area contributed by atoms with Gasteiger partial charge in [0.1, 0.15) is 5.75 Å². The van der Waals surface area contributed by atoms with Crippen LogP contribution in [0, 0.1) is 6.92 Å². The Morgan fingerprint density at radius 2 is 1.75 bits per heavy atom. The van der Waals surface area contributed by atoms with E-state index in [0.29, 0.717) is 23.7 Å². The maximum atomic E-state index is 12.3. The van der Waals surface area contributed by atoms with Gasteiger partial charge in [-0.05, 0) is 38.1 Å². The number of hydrogen-bond donors (Lipinski definition) is 1. The van der Waals surface area contributed by atoms with Crippen LogP contribution < -0.4 is 10.1 Å². The number of aromatic nitrogens is 3. The van der Waals surface area contributed by atoms with Crippen LogP contribution in [0.2, 0.25) is 0 Å². The molecule has 0 spiro atoms. The summed E-state index contributed by atoms with van der Waals surface area (Å²) in [4.78, 5) is 25.8. The standard InChI is InChI=1S/C20H20N4O4/c1-3-27-17-12-8-7-11-16(17)21-18(25)13-28-20(26)19-14(2)22-24(23-19)15-9-5-4-6-10-15/h4-12H,3,13H2,1-2H3,(H,21,25). The van der Waals surface area contributed by atoms with Crippen LogP contribution in [-0.2, 0) is 9.53 Å². The Labute approximate surface area is 162 Å². The zero-order valence-corrected chi connectivity index (χ0v) is 15.6. The van der Waals surface area contributed by atoms with E-state index < -0.39 is 18.5 Å². The zero-order chi connectivity index (χ0) is 19.9. The van der Waals surface area contributed by atoms with E-state index in [2.05, 4.69) is 15.5 Å². The minimum Gasteiger partial charge on any atom is -0.492 e. The summed E-state index contributed by atoms with van der Waals surface area (Å²) in [5.41, 5.74) is 1.70. The predicted molar refractivity (Wildman–Crippen MR) is 103 cm³/mol. The molecule has 2 aromatic carbocycles. The molecule has 0 bridgehead atoms. The van der Waals surface area contributed by atoms with Gasteiger partial charge in [-0.25, -0.2) is 4.79 Å². The molecule has 1 N–H and O–H groups in total. The molecule has 0 saturated carbocycles. The largest absolute Gasteiger partial charge is 0.492 e. The van der Waals surface area contributed by atoms with Gasteiger partial charge in [-0.2, -0.15) is 9.90 Å². The molecule has 144 valence electrons. The Balaban J connectivity index is 1.62. The molecule has 3 aromatic rings. The summed E-state index contributed by atoms with van der Waals surface area (Å²) >= 11 is 0. The lowest BCUT2D eigenvalue weighted by Crippen LogP contribution is -2.21. The highest BCUT2D eigenvalue weighted by Gasteiger charge is 2.19. The van der Waals surface area contributed by atoms with Crippen molar-refractivity contribution in [3.05, 3.63) is 66.0 Å². The van der Waals surface area contributed by atoms with Gasteiger partial charge >= 0.3 is 5.97 Å². The Bertz CT molecular complexity index is 969. The summed E-state index contributed by atoms with van der Waals surface area (Å²) in [6, 6.07) is 16.2. The lowest BCUT2D eigenvalue weighted by atomic mass is 10.3. The van der Waals surface area contributed by atoms with Crippen LogP contribution in [0.4, 0.5) is 5.69 Å². The first-order chi connectivity index (χ1) is 13.6. The number of carbonyl (C=O) groups is 2. The molecule has 8 heteroatoms. The molecule has 0 fully saturated rings. The second kappa shape index (κ2) is 8.81. The van der Waals surface area contributed by atoms with Crippen molar-refractivity contribution in [2.45, 2.75) is 13.8 Å². The number of aryl methyl sites for hydroxylation is 1. The molecule has 1 heterocycles. The summed E-state index contributed by atoms with van der Waals surface area (Å²) in [5, 5.41) is 11.0. The van der Waals surface area contributed by atoms with Crippen LogP contribution >= 0.6 is 0 Å². The van der Waals surface area contributed by atoms with E-state index in [0.717, 1.165) is 5.69 Å². The number of anilines is 1. The molecule has 1 amide bonds. The molecule has 0 aliphatic carbocycles. The Kier molecular flexibility index (Phi) is 6.01. The van der Waals surface area contributed by atoms with Gasteiger partial charge in [-0.3, -0.25) is 4.79 Å². The maximum Gasteiger partial charge on any atom is 0.361 e. The van der Waals surface area contributed by atoms with Gasteiger partial charge in [0.2, 0.25) is 0 Å². The van der Waals surface area contributed by atoms with E-state index in [-0.39, 0.29) is 5.69 Å². The molecular formula is C20H20N4O4. The number of amides is 1. The van der Waals surface area contributed by atoms with Crippen LogP contribution in [0.15, 0.2) is 54.6 Å². The third-order valence-electron chi connectivity index (χ3n) is 3.76. The SMILES string of the molecule is CCOc1ccccc1NC(=O)COC(=O)c1nn(-c2ccccc2)nc1C. The quantitative estimate of drug-likeness (QED) is 0.633. The molecule has 8 nitrogen and oxygen atoms in total. The third-order valence-corrected chi connectivity index (χ3v) is 3.76. The second-order valence-electron chi connectivity index (χ2n) is 5.81. The number of esters is 1. The molecule has 28 heavy (non-hydrogen) atoms. The Hall–Kier alpha value is -3.68. The number of ether oxygens (including phenoxy) is 2. The fourth-order valence-corrected chi connectivity index (χ4v) is 2.48. The molecule has 0 radical (unpaired) electrons. The summed E-state index contributed by atoms with van der Waals surface area (Å²) in [7, 11) is 0. The molecule has 1 aromatic heterocycles. The van der Waals surface area contributed by atoms with Crippen LogP contribution in [0.1, 0.15) is 23.1 Å². The van der Waals surface area contributed by atoms with Gasteiger partial charge in [0.15, 0.2) is 12.3 Å². The Morgan fingerprint density at radius 1 is 1.04 bits per heavy atom. The monoisotopic (exact) mass is 380 g/mol. The highest BCUT2D eigenvalue weighted by molar-refractivity contribution is 5.96. The molecule has 0 atom stereocenters. The average Bonchev–Trinajstić information content (AvgIpc) is 3.10. The van der Waals surface area contributed by atoms with Crippen molar-refractivity contribution in [2.75, 3.05) is 18.5 Å². The van der Waals surface area contributed by atoms with E-state index in [1.54, 1.807) is 31.2 Å². The van der Waals surface area contributed by atoms with Crippen molar-refractivity contribution in [3.63, 3.8) is 0 Å². The van der Waals surface area contributed by atoms with E-state index in [4.69, 9.17) is 9.47 Å². The van der Waals surface area contributed by atoms with Gasteiger partial charge in [0.05, 0.1) is 23.7 Å². The molecular weight excluding hydrogens is 360 g/mol. The maximum absolute atomic E-state index is 12.3. The van der Waals surface area contributed by atoms with Gasteiger partial charge < -0.3 is 14.8 Å². The molecule has 0 aliphatic rings. The lowest BCUT2D eigenvalue weighted by molar-refractivity contribution is -0.119. The lowest BCUT2D eigenvalue weighted by Gasteiger charge is -2.11. The van der Waals surface area contributed by atoms with Crippen molar-refractivity contribution in [3.8, 4) is 11.4 Å². The van der Waals surface area contributed by atoms with E-state index in [1.165, 1.54) is 4.80 Å². The number of rotatable bonds is 7. The van der Waals surface area contributed by atoms with E-state index in [9.17, 15) is 9.59 Å². The highest BCUT2D eigenvalue weighted by Crippen LogP contribution is 2.23. The van der Waals surface area contributed by atoms with Gasteiger partial charge in [0, 0.05) is 0 Å². The number of hydrogen-bond acceptors (Lipinski definition) is 6. The Morgan fingerprint density at radius 3 is 2.50 bits per heavy atom. The number of benzene rings is 2. The number of para-hydroxylation sites is 3. The number of nitrogens with zero attached hydrogens (tertiary/aromatic N) is 3. The second-order valence-corrected chi connectivity index (χ2v) is 5.81. The van der Waals surface area contributed by atoms with E-state index >= 15 is 0 Å². The minimum atomic E-state index is -0.715. The van der Waals surface area contributed by atoms with Crippen molar-refractivity contribution in [2.24, 2.45) is 0 Å². The summed E-state index contributed by atoms with van der Waals surface area (Å²) in [6.07, 6.45) is 0. The van der Waals surface area contributed by atoms with Gasteiger partial charge in [-0.15, -0.1) is 5.10 Å². The van der Waals surface area contributed by atoms with Crippen LogP contribution in [0.25, 0.3) is 5.69 Å². The summed E-state index contributed by atoms with van der Waals surface area (Å²) in [5.74, 6) is -0.646. The van der Waals surface area contributed by atoms with Crippen molar-refractivity contribution >= 4 is 17.6 Å². The topological polar surface area (TPSA) is 95.3 Å². The van der Waals surface area contributed by atoms with Crippen molar-refractivity contribution < 1.29 is 19.1 Å².